The van der Waals surface area contributed by atoms with Gasteiger partial charge < -0.3 is 20.3 Å². The molecule has 0 spiro atoms. The van der Waals surface area contributed by atoms with Gasteiger partial charge in [0, 0.05) is 12.8 Å². The van der Waals surface area contributed by atoms with Gasteiger partial charge in [-0.05, 0) is 89.9 Å². The molecule has 1 amide bonds. The Balaban J connectivity index is 3.47. The Bertz CT molecular complexity index is 1080. The molecule has 0 fully saturated rings. The van der Waals surface area contributed by atoms with E-state index in [0.29, 0.717) is 25.9 Å². The summed E-state index contributed by atoms with van der Waals surface area (Å²) >= 11 is 0. The highest BCUT2D eigenvalue weighted by Crippen LogP contribution is 2.16. The molecule has 6 nitrogen and oxygen atoms in total. The minimum absolute atomic E-state index is 0.0214. The quantitative estimate of drug-likeness (QED) is 0.0245. The lowest BCUT2D eigenvalue weighted by Gasteiger charge is -2.22. The van der Waals surface area contributed by atoms with Crippen LogP contribution in [0.3, 0.4) is 0 Å². The summed E-state index contributed by atoms with van der Waals surface area (Å²) in [6, 6.07) is -0.548. The van der Waals surface area contributed by atoms with E-state index in [1.807, 2.05) is 0 Å². The number of allylic oxidation sites excluding steroid dienone is 8. The predicted octanol–water partition coefficient (Wildman–Crippen LogP) is 17.0. The first-order valence-corrected chi connectivity index (χ1v) is 27.9. The van der Waals surface area contributed by atoms with E-state index in [-0.39, 0.29) is 18.5 Å². The number of hydrogen-bond donors (Lipinski definition) is 3. The molecule has 64 heavy (non-hydrogen) atoms. The number of aliphatic hydroxyl groups is 2. The second kappa shape index (κ2) is 53.4. The summed E-state index contributed by atoms with van der Waals surface area (Å²) in [6.07, 6.45) is 66.7. The Hall–Kier alpha value is -2.18. The van der Waals surface area contributed by atoms with Gasteiger partial charge in [0.25, 0.3) is 0 Å². The minimum atomic E-state index is -0.670. The second-order valence-corrected chi connectivity index (χ2v) is 18.9. The number of rotatable bonds is 51. The van der Waals surface area contributed by atoms with E-state index in [1.165, 1.54) is 173 Å². The van der Waals surface area contributed by atoms with Crippen molar-refractivity contribution in [2.75, 3.05) is 13.2 Å². The van der Waals surface area contributed by atoms with Crippen molar-refractivity contribution in [1.29, 1.82) is 0 Å². The van der Waals surface area contributed by atoms with E-state index in [4.69, 9.17) is 4.74 Å². The summed E-state index contributed by atoms with van der Waals surface area (Å²) in [5.74, 6) is -0.0691. The maximum absolute atomic E-state index is 12.4. The summed E-state index contributed by atoms with van der Waals surface area (Å²) in [6.45, 7) is 4.87. The molecule has 0 aliphatic carbocycles. The van der Waals surface area contributed by atoms with Gasteiger partial charge in [-0.25, -0.2) is 0 Å². The third-order valence-corrected chi connectivity index (χ3v) is 12.6. The monoisotopic (exact) mass is 898 g/mol. The lowest BCUT2D eigenvalue weighted by atomic mass is 10.0. The van der Waals surface area contributed by atoms with Crippen LogP contribution in [0.25, 0.3) is 0 Å². The van der Waals surface area contributed by atoms with Crippen LogP contribution in [0.5, 0.6) is 0 Å². The van der Waals surface area contributed by atoms with Gasteiger partial charge in [-0.3, -0.25) is 9.59 Å². The van der Waals surface area contributed by atoms with E-state index in [2.05, 4.69) is 67.8 Å². The van der Waals surface area contributed by atoms with Gasteiger partial charge in [0.15, 0.2) is 0 Å². The first kappa shape index (κ1) is 61.8. The highest BCUT2D eigenvalue weighted by atomic mass is 16.5. The van der Waals surface area contributed by atoms with E-state index in [0.717, 1.165) is 77.0 Å². The van der Waals surface area contributed by atoms with E-state index in [1.54, 1.807) is 0 Å². The number of ether oxygens (including phenoxy) is 1. The van der Waals surface area contributed by atoms with Crippen LogP contribution >= 0.6 is 0 Å². The molecule has 0 aromatic carbocycles. The van der Waals surface area contributed by atoms with Crippen molar-refractivity contribution in [1.82, 2.24) is 5.32 Å². The van der Waals surface area contributed by atoms with Crippen LogP contribution in [-0.2, 0) is 14.3 Å². The van der Waals surface area contributed by atoms with Crippen LogP contribution in [-0.4, -0.2) is 47.4 Å². The molecule has 3 N–H and O–H groups in total. The fourth-order valence-electron chi connectivity index (χ4n) is 8.31. The van der Waals surface area contributed by atoms with Gasteiger partial charge in [-0.2, -0.15) is 0 Å². The van der Waals surface area contributed by atoms with E-state index < -0.39 is 12.1 Å². The molecule has 0 saturated heterocycles. The largest absolute Gasteiger partial charge is 0.466 e. The zero-order chi connectivity index (χ0) is 46.5. The molecular weight excluding hydrogens is 791 g/mol. The molecule has 2 unspecified atom stereocenters. The van der Waals surface area contributed by atoms with Crippen molar-refractivity contribution in [2.24, 2.45) is 0 Å². The first-order chi connectivity index (χ1) is 31.5. The molecule has 0 aromatic heterocycles. The zero-order valence-corrected chi connectivity index (χ0v) is 42.5. The first-order valence-electron chi connectivity index (χ1n) is 27.9. The normalized spacial score (nSPS) is 13.0. The van der Waals surface area contributed by atoms with Crippen molar-refractivity contribution in [3.63, 3.8) is 0 Å². The maximum Gasteiger partial charge on any atom is 0.305 e. The molecule has 0 aliphatic rings. The fourth-order valence-corrected chi connectivity index (χ4v) is 8.31. The average Bonchev–Trinajstić information content (AvgIpc) is 3.29. The lowest BCUT2D eigenvalue weighted by Crippen LogP contribution is -2.45. The summed E-state index contributed by atoms with van der Waals surface area (Å²) in [4.78, 5) is 24.5. The minimum Gasteiger partial charge on any atom is -0.466 e. The molecule has 0 heterocycles. The summed E-state index contributed by atoms with van der Waals surface area (Å²) in [5, 5.41) is 23.1. The van der Waals surface area contributed by atoms with Crippen molar-refractivity contribution in [3.8, 4) is 0 Å². The summed E-state index contributed by atoms with van der Waals surface area (Å²) in [7, 11) is 0. The Morgan fingerprint density at radius 1 is 0.453 bits per heavy atom. The van der Waals surface area contributed by atoms with Gasteiger partial charge in [0.05, 0.1) is 25.4 Å². The molecule has 6 heteroatoms. The van der Waals surface area contributed by atoms with Crippen molar-refractivity contribution in [3.05, 3.63) is 48.6 Å². The van der Waals surface area contributed by atoms with Gasteiger partial charge in [0.1, 0.15) is 0 Å². The number of aliphatic hydroxyl groups excluding tert-OH is 2. The summed E-state index contributed by atoms with van der Waals surface area (Å²) in [5.41, 5.74) is 0. The second-order valence-electron chi connectivity index (χ2n) is 18.9. The number of unbranched alkanes of at least 4 members (excludes halogenated alkanes) is 33. The maximum atomic E-state index is 12.4. The van der Waals surface area contributed by atoms with Gasteiger partial charge in [0.2, 0.25) is 5.91 Å². The smallest absolute Gasteiger partial charge is 0.305 e. The third kappa shape index (κ3) is 49.3. The molecule has 0 saturated carbocycles. The Morgan fingerprint density at radius 3 is 1.30 bits per heavy atom. The molecule has 0 aliphatic heterocycles. The Kier molecular flexibility index (Phi) is 51.6. The van der Waals surface area contributed by atoms with Gasteiger partial charge >= 0.3 is 5.97 Å². The average molecular weight is 898 g/mol. The van der Waals surface area contributed by atoms with Crippen molar-refractivity contribution < 1.29 is 24.5 Å². The highest BCUT2D eigenvalue weighted by Gasteiger charge is 2.20. The van der Waals surface area contributed by atoms with E-state index >= 15 is 0 Å². The standard InChI is InChI=1S/C58H107NO5/c1-3-5-7-9-11-13-15-16-17-18-23-26-29-32-36-40-44-48-52-58(63)64-53-49-45-41-37-33-30-27-24-21-19-20-22-25-28-31-35-39-43-47-51-57(62)59-55(54-60)56(61)50-46-42-38-34-14-12-10-8-6-4-2/h13,15,17-18,24,27,30,33,55-56,60-61H,3-12,14,16,19-23,25-26,28-29,31-32,34-54H2,1-2H3,(H,59,62)/b15-13-,18-17-,27-24-,33-30-. The molecule has 0 aromatic rings. The van der Waals surface area contributed by atoms with Crippen LogP contribution < -0.4 is 5.32 Å². The molecule has 2 atom stereocenters. The van der Waals surface area contributed by atoms with E-state index in [9.17, 15) is 19.8 Å². The van der Waals surface area contributed by atoms with Crippen molar-refractivity contribution in [2.45, 2.75) is 296 Å². The van der Waals surface area contributed by atoms with Crippen LogP contribution in [0, 0.1) is 0 Å². The number of nitrogens with one attached hydrogen (secondary N) is 1. The molecule has 0 rings (SSSR count). The molecular formula is C58H107NO5. The predicted molar refractivity (Wildman–Crippen MR) is 278 cm³/mol. The number of esters is 1. The number of carbonyl (C=O) groups is 2. The van der Waals surface area contributed by atoms with Gasteiger partial charge in [-0.15, -0.1) is 0 Å². The fraction of sp³-hybridized carbons (Fsp3) is 0.828. The number of amides is 1. The summed E-state index contributed by atoms with van der Waals surface area (Å²) < 4.78 is 5.46. The Labute approximate surface area is 397 Å². The van der Waals surface area contributed by atoms with Gasteiger partial charge in [-0.1, -0.05) is 229 Å². The number of hydrogen-bond acceptors (Lipinski definition) is 5. The molecule has 0 bridgehead atoms. The van der Waals surface area contributed by atoms with Crippen LogP contribution in [0.15, 0.2) is 48.6 Å². The van der Waals surface area contributed by atoms with Crippen LogP contribution in [0.1, 0.15) is 284 Å². The van der Waals surface area contributed by atoms with Crippen LogP contribution in [0.4, 0.5) is 0 Å². The van der Waals surface area contributed by atoms with Crippen molar-refractivity contribution >= 4 is 11.9 Å². The third-order valence-electron chi connectivity index (χ3n) is 12.6. The zero-order valence-electron chi connectivity index (χ0n) is 42.5. The Morgan fingerprint density at radius 2 is 0.828 bits per heavy atom. The lowest BCUT2D eigenvalue weighted by molar-refractivity contribution is -0.143. The molecule has 374 valence electrons. The topological polar surface area (TPSA) is 95.9 Å². The van der Waals surface area contributed by atoms with Crippen LogP contribution in [0.2, 0.25) is 0 Å². The molecule has 0 radical (unpaired) electrons. The number of carbonyl (C=O) groups excluding carboxylic acids is 2. The highest BCUT2D eigenvalue weighted by molar-refractivity contribution is 5.76. The SMILES string of the molecule is CCCCCC/C=C\C/C=C\CCCCCCCCCC(=O)OCCCCC/C=C\C=C/CCCCCCCCCCCCC(=O)NC(CO)C(O)CCCCCCCCCCCC.